The van der Waals surface area contributed by atoms with E-state index >= 15 is 4.79 Å². The summed E-state index contributed by atoms with van der Waals surface area (Å²) in [6, 6.07) is 11.3. The Balaban J connectivity index is 1.19. The Kier molecular flexibility index (Phi) is 7.33. The van der Waals surface area contributed by atoms with E-state index in [9.17, 15) is 14.0 Å². The van der Waals surface area contributed by atoms with Crippen LogP contribution in [-0.4, -0.2) is 64.6 Å². The topological polar surface area (TPSA) is 149 Å². The van der Waals surface area contributed by atoms with Crippen LogP contribution in [0.15, 0.2) is 62.9 Å². The SMILES string of the molecule is Cc1cc(-n2nc3c(c2-n2cc[nH]c2=O)[C@H](C)N(C(=O)c2cc4cc(C5CCOCC5)ccc4n2[C@@]2(c4noc(=O)[nH]4)C[C@@H]2C)CC3)cc(C)c1F. The monoisotopic (exact) mass is 706 g/mol. The Morgan fingerprint density at radius 2 is 1.81 bits per heavy atom. The fourth-order valence-electron chi connectivity index (χ4n) is 8.70. The van der Waals surface area contributed by atoms with Gasteiger partial charge in [0.2, 0.25) is 0 Å². The van der Waals surface area contributed by atoms with Crippen molar-refractivity contribution in [1.82, 2.24) is 38.9 Å². The molecule has 6 heterocycles. The second-order valence-electron chi connectivity index (χ2n) is 14.6. The number of amides is 1. The highest BCUT2D eigenvalue weighted by Crippen LogP contribution is 2.56. The zero-order chi connectivity index (χ0) is 36.1. The molecule has 2 aliphatic heterocycles. The van der Waals surface area contributed by atoms with Gasteiger partial charge in [-0.05, 0) is 98.9 Å². The number of rotatable bonds is 6. The van der Waals surface area contributed by atoms with Gasteiger partial charge in [-0.1, -0.05) is 18.1 Å². The van der Waals surface area contributed by atoms with Gasteiger partial charge in [0.15, 0.2) is 5.82 Å². The third-order valence-corrected chi connectivity index (χ3v) is 11.5. The summed E-state index contributed by atoms with van der Waals surface area (Å²) in [5, 5.41) is 10.0. The quantitative estimate of drug-likeness (QED) is 0.243. The van der Waals surface area contributed by atoms with Crippen LogP contribution in [0.5, 0.6) is 0 Å². The molecule has 14 heteroatoms. The molecule has 2 N–H and O–H groups in total. The Hall–Kier alpha value is -5.50. The van der Waals surface area contributed by atoms with Gasteiger partial charge in [-0.3, -0.25) is 18.9 Å². The summed E-state index contributed by atoms with van der Waals surface area (Å²) >= 11 is 0. The number of fused-ring (bicyclic) bond motifs is 2. The zero-order valence-electron chi connectivity index (χ0n) is 29.4. The summed E-state index contributed by atoms with van der Waals surface area (Å²) in [6.45, 7) is 9.25. The molecule has 13 nitrogen and oxygen atoms in total. The number of carbonyl (C=O) groups excluding carboxylic acids is 1. The van der Waals surface area contributed by atoms with Crippen LogP contribution in [0.1, 0.15) is 89.3 Å². The summed E-state index contributed by atoms with van der Waals surface area (Å²) in [4.78, 5) is 47.8. The predicted molar refractivity (Wildman–Crippen MR) is 189 cm³/mol. The summed E-state index contributed by atoms with van der Waals surface area (Å²) in [5.74, 6) is 0.169. The van der Waals surface area contributed by atoms with Crippen molar-refractivity contribution in [2.45, 2.75) is 70.9 Å². The number of hydrogen-bond donors (Lipinski definition) is 2. The van der Waals surface area contributed by atoms with Crippen LogP contribution in [0.4, 0.5) is 4.39 Å². The van der Waals surface area contributed by atoms with Crippen molar-refractivity contribution in [3.8, 4) is 11.5 Å². The first-order valence-corrected chi connectivity index (χ1v) is 17.8. The molecule has 1 amide bonds. The molecular weight excluding hydrogens is 667 g/mol. The van der Waals surface area contributed by atoms with Crippen LogP contribution < -0.4 is 11.4 Å². The van der Waals surface area contributed by atoms with Crippen LogP contribution >= 0.6 is 0 Å². The van der Waals surface area contributed by atoms with Gasteiger partial charge in [0, 0.05) is 55.0 Å². The number of nitrogens with one attached hydrogen (secondary N) is 2. The Labute approximate surface area is 297 Å². The number of carbonyl (C=O) groups is 1. The highest BCUT2D eigenvalue weighted by Gasteiger charge is 2.59. The number of halogens is 1. The highest BCUT2D eigenvalue weighted by atomic mass is 19.1. The number of benzene rings is 2. The Morgan fingerprint density at radius 1 is 1.06 bits per heavy atom. The molecule has 1 saturated carbocycles. The molecule has 2 aromatic carbocycles. The van der Waals surface area contributed by atoms with E-state index in [1.165, 1.54) is 10.1 Å². The predicted octanol–water partition coefficient (Wildman–Crippen LogP) is 5.18. The fourth-order valence-corrected chi connectivity index (χ4v) is 8.70. The van der Waals surface area contributed by atoms with Crippen LogP contribution in [0, 0.1) is 25.6 Å². The largest absolute Gasteiger partial charge is 0.438 e. The molecule has 3 aliphatic rings. The first-order chi connectivity index (χ1) is 25.1. The fraction of sp³-hybridized carbons (Fsp3) is 0.395. The van der Waals surface area contributed by atoms with Gasteiger partial charge in [-0.25, -0.2) is 18.7 Å². The number of aromatic amines is 2. The van der Waals surface area contributed by atoms with Crippen molar-refractivity contribution < 1.29 is 18.4 Å². The van der Waals surface area contributed by atoms with E-state index in [4.69, 9.17) is 14.4 Å². The third-order valence-electron chi connectivity index (χ3n) is 11.5. The van der Waals surface area contributed by atoms with Gasteiger partial charge >= 0.3 is 11.4 Å². The molecular formula is C38H39FN8O5. The van der Waals surface area contributed by atoms with Gasteiger partial charge in [-0.2, -0.15) is 5.10 Å². The summed E-state index contributed by atoms with van der Waals surface area (Å²) in [5.41, 5.74) is 4.44. The second kappa shape index (κ2) is 11.8. The molecule has 9 rings (SSSR count). The van der Waals surface area contributed by atoms with Crippen molar-refractivity contribution in [3.63, 3.8) is 0 Å². The van der Waals surface area contributed by atoms with Gasteiger partial charge in [0.05, 0.1) is 17.4 Å². The number of aryl methyl sites for hydroxylation is 2. The number of ether oxygens (including phenoxy) is 1. The van der Waals surface area contributed by atoms with E-state index in [-0.39, 0.29) is 23.3 Å². The van der Waals surface area contributed by atoms with Crippen LogP contribution in [0.2, 0.25) is 0 Å². The minimum atomic E-state index is -0.782. The molecule has 4 aromatic heterocycles. The lowest BCUT2D eigenvalue weighted by molar-refractivity contribution is 0.0663. The van der Waals surface area contributed by atoms with Gasteiger partial charge in [0.1, 0.15) is 22.9 Å². The van der Waals surface area contributed by atoms with E-state index in [2.05, 4.69) is 40.2 Å². The standard InChI is InChI=1S/C38H39FN8O5/c1-20-15-27(16-21(2)32(20)39)47-33(45-12-10-40-36(45)49)31-23(4)44(11-7-28(31)42-47)34(48)30-18-26-17-25(24-8-13-51-14-9-24)5-6-29(26)46(30)38(19-22(38)3)35-41-37(50)52-43-35/h5-6,10,12,15-18,22-24H,7-9,11,13-14,19H2,1-4H3,(H,40,49)(H,41,43,50)/t22-,23-,38-/m0/s1. The first-order valence-electron chi connectivity index (χ1n) is 17.8. The molecule has 1 saturated heterocycles. The number of aromatic nitrogens is 7. The van der Waals surface area contributed by atoms with Crippen molar-refractivity contribution in [1.29, 1.82) is 0 Å². The normalized spacial score (nSPS) is 21.9. The summed E-state index contributed by atoms with van der Waals surface area (Å²) in [6.07, 6.45) is 6.16. The van der Waals surface area contributed by atoms with E-state index in [0.29, 0.717) is 59.5 Å². The molecule has 6 aromatic rings. The summed E-state index contributed by atoms with van der Waals surface area (Å²) in [7, 11) is 0. The highest BCUT2D eigenvalue weighted by molar-refractivity contribution is 6.00. The van der Waals surface area contributed by atoms with E-state index in [0.717, 1.165) is 48.2 Å². The number of nitrogens with zero attached hydrogens (tertiary/aromatic N) is 6. The van der Waals surface area contributed by atoms with Crippen LogP contribution in [0.25, 0.3) is 22.4 Å². The Morgan fingerprint density at radius 3 is 2.46 bits per heavy atom. The van der Waals surface area contributed by atoms with Crippen molar-refractivity contribution >= 4 is 16.8 Å². The maximum Gasteiger partial charge on any atom is 0.438 e. The molecule has 3 atom stereocenters. The molecule has 268 valence electrons. The molecule has 0 unspecified atom stereocenters. The molecule has 0 radical (unpaired) electrons. The van der Waals surface area contributed by atoms with Crippen LogP contribution in [0.3, 0.4) is 0 Å². The summed E-state index contributed by atoms with van der Waals surface area (Å²) < 4.78 is 30.6. The lowest BCUT2D eigenvalue weighted by Crippen LogP contribution is -2.41. The zero-order valence-corrected chi connectivity index (χ0v) is 29.4. The molecule has 1 aliphatic carbocycles. The van der Waals surface area contributed by atoms with Gasteiger partial charge in [-0.15, -0.1) is 0 Å². The molecule has 52 heavy (non-hydrogen) atoms. The Bertz CT molecular complexity index is 2490. The minimum Gasteiger partial charge on any atom is -0.381 e. The van der Waals surface area contributed by atoms with E-state index < -0.39 is 17.3 Å². The lowest BCUT2D eigenvalue weighted by atomic mass is 9.91. The van der Waals surface area contributed by atoms with Crippen molar-refractivity contribution in [3.05, 3.63) is 115 Å². The molecule has 0 bridgehead atoms. The minimum absolute atomic E-state index is 0.0591. The third kappa shape index (κ3) is 4.80. The molecule has 0 spiro atoms. The van der Waals surface area contributed by atoms with Crippen molar-refractivity contribution in [2.75, 3.05) is 19.8 Å². The van der Waals surface area contributed by atoms with Crippen molar-refractivity contribution in [2.24, 2.45) is 5.92 Å². The number of H-pyrrole nitrogens is 2. The van der Waals surface area contributed by atoms with E-state index in [1.807, 2.05) is 22.5 Å². The van der Waals surface area contributed by atoms with Crippen LogP contribution in [-0.2, 0) is 16.7 Å². The van der Waals surface area contributed by atoms with E-state index in [1.54, 1.807) is 43.1 Å². The number of hydrogen-bond acceptors (Lipinski definition) is 7. The van der Waals surface area contributed by atoms with Gasteiger partial charge in [0.25, 0.3) is 5.91 Å². The second-order valence-corrected chi connectivity index (χ2v) is 14.6. The lowest BCUT2D eigenvalue weighted by Gasteiger charge is -2.34. The number of imidazole rings is 1. The maximum atomic E-state index is 15.1. The average molecular weight is 707 g/mol. The maximum absolute atomic E-state index is 15.1. The average Bonchev–Trinajstić information content (AvgIpc) is 3.66. The van der Waals surface area contributed by atoms with Gasteiger partial charge < -0.3 is 19.2 Å². The first kappa shape index (κ1) is 32.4. The smallest absolute Gasteiger partial charge is 0.381 e. The molecule has 2 fully saturated rings.